The lowest BCUT2D eigenvalue weighted by Gasteiger charge is -2.16. The number of nitrogens with zero attached hydrogens (tertiary/aromatic N) is 1. The van der Waals surface area contributed by atoms with Gasteiger partial charge in [0.25, 0.3) is 5.91 Å². The summed E-state index contributed by atoms with van der Waals surface area (Å²) < 4.78 is 26.8. The van der Waals surface area contributed by atoms with Crippen molar-refractivity contribution < 1.29 is 13.2 Å². The number of carbonyl (C=O) groups is 1. The van der Waals surface area contributed by atoms with Crippen molar-refractivity contribution in [2.24, 2.45) is 0 Å². The standard InChI is InChI=1S/C19H21ClN2O3S/c1-14-6-2-3-7-15(14)13-21-19(23)17-12-16(8-9-18(17)20)26(24,25)22-10-4-5-11-22/h2-3,6-9,12H,4-5,10-11,13H2,1H3,(H,21,23). The summed E-state index contributed by atoms with van der Waals surface area (Å²) in [7, 11) is -3.59. The Morgan fingerprint density at radius 3 is 2.54 bits per heavy atom. The molecule has 1 N–H and O–H groups in total. The second-order valence-corrected chi connectivity index (χ2v) is 8.71. The molecule has 1 heterocycles. The number of hydrogen-bond donors (Lipinski definition) is 1. The minimum absolute atomic E-state index is 0.102. The van der Waals surface area contributed by atoms with E-state index in [2.05, 4.69) is 5.32 Å². The number of nitrogens with one attached hydrogen (secondary N) is 1. The van der Waals surface area contributed by atoms with Gasteiger partial charge in [-0.15, -0.1) is 0 Å². The van der Waals surface area contributed by atoms with Gasteiger partial charge in [-0.05, 0) is 49.1 Å². The third-order valence-corrected chi connectivity index (χ3v) is 6.81. The number of benzene rings is 2. The molecule has 2 aromatic carbocycles. The Labute approximate surface area is 159 Å². The Morgan fingerprint density at radius 1 is 1.15 bits per heavy atom. The van der Waals surface area contributed by atoms with E-state index in [1.165, 1.54) is 22.5 Å². The van der Waals surface area contributed by atoms with Gasteiger partial charge in [-0.25, -0.2) is 8.42 Å². The summed E-state index contributed by atoms with van der Waals surface area (Å²) in [5.74, 6) is -0.392. The molecule has 0 aromatic heterocycles. The average Bonchev–Trinajstić information content (AvgIpc) is 3.16. The van der Waals surface area contributed by atoms with E-state index in [0.29, 0.717) is 19.6 Å². The fourth-order valence-corrected chi connectivity index (χ4v) is 4.74. The molecule has 5 nitrogen and oxygen atoms in total. The Balaban J connectivity index is 1.81. The summed E-state index contributed by atoms with van der Waals surface area (Å²) in [6.45, 7) is 3.35. The maximum absolute atomic E-state index is 12.7. The fraction of sp³-hybridized carbons (Fsp3) is 0.316. The molecular weight excluding hydrogens is 372 g/mol. The Kier molecular flexibility index (Phi) is 5.65. The maximum atomic E-state index is 12.7. The van der Waals surface area contributed by atoms with E-state index in [1.54, 1.807) is 0 Å². The number of halogens is 1. The summed E-state index contributed by atoms with van der Waals surface area (Å²) in [5, 5.41) is 3.04. The molecule has 0 saturated carbocycles. The predicted octanol–water partition coefficient (Wildman–Crippen LogP) is 3.36. The number of amides is 1. The minimum atomic E-state index is -3.59. The molecule has 7 heteroatoms. The zero-order valence-corrected chi connectivity index (χ0v) is 16.1. The Morgan fingerprint density at radius 2 is 1.85 bits per heavy atom. The largest absolute Gasteiger partial charge is 0.348 e. The van der Waals surface area contributed by atoms with Crippen LogP contribution in [0.5, 0.6) is 0 Å². The monoisotopic (exact) mass is 392 g/mol. The highest BCUT2D eigenvalue weighted by Crippen LogP contribution is 2.25. The lowest BCUT2D eigenvalue weighted by molar-refractivity contribution is 0.0951. The SMILES string of the molecule is Cc1ccccc1CNC(=O)c1cc(S(=O)(=O)N2CCCC2)ccc1Cl. The molecule has 3 rings (SSSR count). The lowest BCUT2D eigenvalue weighted by atomic mass is 10.1. The van der Waals surface area contributed by atoms with Crippen molar-refractivity contribution in [1.29, 1.82) is 0 Å². The van der Waals surface area contributed by atoms with Crippen LogP contribution in [-0.2, 0) is 16.6 Å². The van der Waals surface area contributed by atoms with Crippen LogP contribution in [0.2, 0.25) is 5.02 Å². The van der Waals surface area contributed by atoms with Gasteiger partial charge >= 0.3 is 0 Å². The molecule has 0 atom stereocenters. The van der Waals surface area contributed by atoms with E-state index in [4.69, 9.17) is 11.6 Å². The van der Waals surface area contributed by atoms with Crippen LogP contribution in [-0.4, -0.2) is 31.7 Å². The van der Waals surface area contributed by atoms with Gasteiger partial charge in [-0.2, -0.15) is 4.31 Å². The fourth-order valence-electron chi connectivity index (χ4n) is 3.00. The molecule has 0 spiro atoms. The molecule has 2 aromatic rings. The van der Waals surface area contributed by atoms with Crippen molar-refractivity contribution >= 4 is 27.5 Å². The van der Waals surface area contributed by atoms with Crippen molar-refractivity contribution in [3.05, 3.63) is 64.2 Å². The predicted molar refractivity (Wildman–Crippen MR) is 102 cm³/mol. The Hall–Kier alpha value is -1.89. The summed E-state index contributed by atoms with van der Waals surface area (Å²) in [4.78, 5) is 12.6. The van der Waals surface area contributed by atoms with Crippen LogP contribution < -0.4 is 5.32 Å². The van der Waals surface area contributed by atoms with Gasteiger partial charge in [0.1, 0.15) is 0 Å². The van der Waals surface area contributed by atoms with E-state index in [1.807, 2.05) is 31.2 Å². The molecule has 26 heavy (non-hydrogen) atoms. The molecule has 1 saturated heterocycles. The van der Waals surface area contributed by atoms with Crippen molar-refractivity contribution in [1.82, 2.24) is 9.62 Å². The molecule has 1 amide bonds. The number of rotatable bonds is 5. The summed E-state index contributed by atoms with van der Waals surface area (Å²) in [5.41, 5.74) is 2.24. The van der Waals surface area contributed by atoms with Crippen molar-refractivity contribution in [3.8, 4) is 0 Å². The number of hydrogen-bond acceptors (Lipinski definition) is 3. The molecule has 1 aliphatic rings. The first-order valence-electron chi connectivity index (χ1n) is 8.52. The van der Waals surface area contributed by atoms with E-state index in [-0.39, 0.29) is 15.5 Å². The Bertz CT molecular complexity index is 922. The highest BCUT2D eigenvalue weighted by molar-refractivity contribution is 7.89. The van der Waals surface area contributed by atoms with Gasteiger partial charge in [-0.3, -0.25) is 4.79 Å². The van der Waals surface area contributed by atoms with Crippen LogP contribution in [0.25, 0.3) is 0 Å². The zero-order valence-electron chi connectivity index (χ0n) is 14.5. The lowest BCUT2D eigenvalue weighted by Crippen LogP contribution is -2.28. The topological polar surface area (TPSA) is 66.5 Å². The van der Waals surface area contributed by atoms with Gasteiger partial charge in [-0.1, -0.05) is 35.9 Å². The molecule has 0 aliphatic carbocycles. The van der Waals surface area contributed by atoms with E-state index in [0.717, 1.165) is 24.0 Å². The average molecular weight is 393 g/mol. The van der Waals surface area contributed by atoms with Crippen LogP contribution in [0.15, 0.2) is 47.4 Å². The third-order valence-electron chi connectivity index (χ3n) is 4.59. The number of carbonyl (C=O) groups excluding carboxylic acids is 1. The zero-order chi connectivity index (χ0) is 18.7. The van der Waals surface area contributed by atoms with Crippen LogP contribution in [0, 0.1) is 6.92 Å². The number of sulfonamides is 1. The number of aryl methyl sites for hydroxylation is 1. The first-order chi connectivity index (χ1) is 12.4. The van der Waals surface area contributed by atoms with Crippen molar-refractivity contribution in [2.45, 2.75) is 31.2 Å². The van der Waals surface area contributed by atoms with Gasteiger partial charge in [0.15, 0.2) is 0 Å². The van der Waals surface area contributed by atoms with Crippen LogP contribution in [0.3, 0.4) is 0 Å². The quantitative estimate of drug-likeness (QED) is 0.848. The smallest absolute Gasteiger partial charge is 0.253 e. The maximum Gasteiger partial charge on any atom is 0.253 e. The van der Waals surface area contributed by atoms with Crippen molar-refractivity contribution in [3.63, 3.8) is 0 Å². The van der Waals surface area contributed by atoms with E-state index in [9.17, 15) is 13.2 Å². The third kappa shape index (κ3) is 3.92. The van der Waals surface area contributed by atoms with Crippen LogP contribution in [0.4, 0.5) is 0 Å². The molecule has 1 aliphatic heterocycles. The van der Waals surface area contributed by atoms with Gasteiger partial charge < -0.3 is 5.32 Å². The van der Waals surface area contributed by atoms with Gasteiger partial charge in [0, 0.05) is 19.6 Å². The molecule has 0 bridgehead atoms. The molecule has 0 radical (unpaired) electrons. The molecule has 1 fully saturated rings. The van der Waals surface area contributed by atoms with Crippen molar-refractivity contribution in [2.75, 3.05) is 13.1 Å². The molecule has 138 valence electrons. The summed E-state index contributed by atoms with van der Waals surface area (Å²) >= 11 is 6.14. The first kappa shape index (κ1) is 18.9. The van der Waals surface area contributed by atoms with Gasteiger partial charge in [0.2, 0.25) is 10.0 Å². The highest BCUT2D eigenvalue weighted by atomic mass is 35.5. The first-order valence-corrected chi connectivity index (χ1v) is 10.3. The van der Waals surface area contributed by atoms with Crippen LogP contribution >= 0.6 is 11.6 Å². The summed E-state index contributed by atoms with van der Waals surface area (Å²) in [6.07, 6.45) is 1.72. The van der Waals surface area contributed by atoms with Crippen LogP contribution in [0.1, 0.15) is 34.3 Å². The summed E-state index contributed by atoms with van der Waals surface area (Å²) in [6, 6.07) is 12.0. The van der Waals surface area contributed by atoms with E-state index < -0.39 is 15.9 Å². The second-order valence-electron chi connectivity index (χ2n) is 6.36. The second kappa shape index (κ2) is 7.78. The minimum Gasteiger partial charge on any atom is -0.348 e. The molecular formula is C19H21ClN2O3S. The highest BCUT2D eigenvalue weighted by Gasteiger charge is 2.28. The van der Waals surface area contributed by atoms with Gasteiger partial charge in [0.05, 0.1) is 15.5 Å². The molecule has 0 unspecified atom stereocenters. The van der Waals surface area contributed by atoms with E-state index >= 15 is 0 Å². The normalized spacial score (nSPS) is 15.2.